The van der Waals surface area contributed by atoms with Crippen LogP contribution in [0, 0.1) is 11.3 Å². The Kier molecular flexibility index (Phi) is 3.93. The van der Waals surface area contributed by atoms with E-state index in [-0.39, 0.29) is 6.42 Å². The third-order valence-electron chi connectivity index (χ3n) is 1.50. The van der Waals surface area contributed by atoms with E-state index in [1.54, 1.807) is 0 Å². The van der Waals surface area contributed by atoms with Crippen LogP contribution in [0.1, 0.15) is 18.6 Å². The summed E-state index contributed by atoms with van der Waals surface area (Å²) in [6, 6.07) is 1.99. The lowest BCUT2D eigenvalue weighted by molar-refractivity contribution is 0.149. The molecule has 1 N–H and O–H groups in total. The van der Waals surface area contributed by atoms with Gasteiger partial charge in [0, 0.05) is 13.0 Å². The molecule has 1 heterocycles. The van der Waals surface area contributed by atoms with Crippen molar-refractivity contribution in [2.75, 3.05) is 13.2 Å². The molecule has 0 radical (unpaired) electrons. The Balaban J connectivity index is 2.36. The van der Waals surface area contributed by atoms with Crippen molar-refractivity contribution >= 4 is 0 Å². The van der Waals surface area contributed by atoms with E-state index >= 15 is 0 Å². The maximum absolute atomic E-state index is 8.37. The number of rotatable bonds is 5. The Bertz CT molecular complexity index is 289. The van der Waals surface area contributed by atoms with E-state index in [0.29, 0.717) is 25.5 Å². The van der Waals surface area contributed by atoms with Crippen LogP contribution in [0.5, 0.6) is 0 Å². The molecule has 0 aliphatic carbocycles. The Morgan fingerprint density at radius 2 is 2.46 bits per heavy atom. The first kappa shape index (κ1) is 9.68. The lowest BCUT2D eigenvalue weighted by atomic mass is 10.4. The molecule has 13 heavy (non-hydrogen) atoms. The van der Waals surface area contributed by atoms with Gasteiger partial charge >= 0.3 is 0 Å². The molecule has 0 spiro atoms. The molecule has 1 aromatic rings. The van der Waals surface area contributed by atoms with Gasteiger partial charge < -0.3 is 4.74 Å². The van der Waals surface area contributed by atoms with Crippen LogP contribution in [0.4, 0.5) is 0 Å². The molecule has 0 fully saturated rings. The van der Waals surface area contributed by atoms with Crippen LogP contribution in [0.25, 0.3) is 0 Å². The van der Waals surface area contributed by atoms with Gasteiger partial charge in [-0.1, -0.05) is 0 Å². The van der Waals surface area contributed by atoms with Crippen molar-refractivity contribution in [3.63, 3.8) is 0 Å². The Morgan fingerprint density at radius 3 is 3.15 bits per heavy atom. The highest BCUT2D eigenvalue weighted by Gasteiger charge is 2.01. The molecule has 0 saturated heterocycles. The first-order chi connectivity index (χ1) is 6.36. The third kappa shape index (κ3) is 3.22. The SMILES string of the molecule is CCOCCc1nc(CC#N)n[nH]1. The zero-order valence-corrected chi connectivity index (χ0v) is 7.58. The molecular formula is C8H12N4O. The number of nitrogens with zero attached hydrogens (tertiary/aromatic N) is 3. The maximum atomic E-state index is 8.37. The topological polar surface area (TPSA) is 74.6 Å². The number of nitriles is 1. The molecule has 1 aromatic heterocycles. The average Bonchev–Trinajstić information content (AvgIpc) is 2.54. The molecule has 0 unspecified atom stereocenters. The number of H-pyrrole nitrogens is 1. The van der Waals surface area contributed by atoms with Gasteiger partial charge in [-0.2, -0.15) is 10.4 Å². The van der Waals surface area contributed by atoms with Crippen LogP contribution in [-0.2, 0) is 17.6 Å². The second kappa shape index (κ2) is 5.27. The van der Waals surface area contributed by atoms with Crippen molar-refractivity contribution in [1.82, 2.24) is 15.2 Å². The largest absolute Gasteiger partial charge is 0.381 e. The summed E-state index contributed by atoms with van der Waals surface area (Å²) in [4.78, 5) is 4.10. The Hall–Kier alpha value is -1.41. The Morgan fingerprint density at radius 1 is 1.62 bits per heavy atom. The molecule has 0 aliphatic rings. The van der Waals surface area contributed by atoms with E-state index in [1.165, 1.54) is 0 Å². The fraction of sp³-hybridized carbons (Fsp3) is 0.625. The van der Waals surface area contributed by atoms with Crippen molar-refractivity contribution in [2.45, 2.75) is 19.8 Å². The average molecular weight is 180 g/mol. The van der Waals surface area contributed by atoms with Crippen molar-refractivity contribution in [1.29, 1.82) is 5.26 Å². The summed E-state index contributed by atoms with van der Waals surface area (Å²) in [6.45, 7) is 3.29. The highest BCUT2D eigenvalue weighted by atomic mass is 16.5. The van der Waals surface area contributed by atoms with Gasteiger partial charge in [-0.15, -0.1) is 0 Å². The molecule has 0 bridgehead atoms. The molecule has 0 aromatic carbocycles. The van der Waals surface area contributed by atoms with Crippen molar-refractivity contribution in [2.24, 2.45) is 0 Å². The summed E-state index contributed by atoms with van der Waals surface area (Å²) in [6.07, 6.45) is 0.970. The summed E-state index contributed by atoms with van der Waals surface area (Å²) in [5.74, 6) is 1.33. The van der Waals surface area contributed by atoms with Gasteiger partial charge in [0.15, 0.2) is 5.82 Å². The molecule has 5 heteroatoms. The number of hydrogen-bond acceptors (Lipinski definition) is 4. The zero-order valence-electron chi connectivity index (χ0n) is 7.58. The number of ether oxygens (including phenoxy) is 1. The predicted octanol–water partition coefficient (Wildman–Crippen LogP) is 0.450. The standard InChI is InChI=1S/C8H12N4O/c1-2-13-6-4-8-10-7(3-5-9)11-12-8/h2-4,6H2,1H3,(H,10,11,12). The number of hydrogen-bond donors (Lipinski definition) is 1. The minimum absolute atomic E-state index is 0.255. The Labute approximate surface area is 76.7 Å². The fourth-order valence-electron chi connectivity index (χ4n) is 0.910. The van der Waals surface area contributed by atoms with E-state index < -0.39 is 0 Å². The second-order valence-electron chi connectivity index (χ2n) is 2.48. The van der Waals surface area contributed by atoms with Crippen LogP contribution in [-0.4, -0.2) is 28.4 Å². The first-order valence-electron chi connectivity index (χ1n) is 4.21. The third-order valence-corrected chi connectivity index (χ3v) is 1.50. The summed E-state index contributed by atoms with van der Waals surface area (Å²) in [5.41, 5.74) is 0. The highest BCUT2D eigenvalue weighted by molar-refractivity contribution is 4.96. The minimum atomic E-state index is 0.255. The van der Waals surface area contributed by atoms with Gasteiger partial charge in [-0.05, 0) is 6.92 Å². The van der Waals surface area contributed by atoms with Crippen LogP contribution < -0.4 is 0 Å². The normalized spacial score (nSPS) is 9.85. The van der Waals surface area contributed by atoms with Crippen molar-refractivity contribution < 1.29 is 4.74 Å². The molecule has 1 rings (SSSR count). The molecule has 0 aliphatic heterocycles. The van der Waals surface area contributed by atoms with E-state index in [1.807, 2.05) is 13.0 Å². The van der Waals surface area contributed by atoms with Crippen molar-refractivity contribution in [3.8, 4) is 6.07 Å². The highest BCUT2D eigenvalue weighted by Crippen LogP contribution is 1.94. The van der Waals surface area contributed by atoms with Crippen LogP contribution in [0.2, 0.25) is 0 Å². The van der Waals surface area contributed by atoms with Crippen LogP contribution in [0.3, 0.4) is 0 Å². The summed E-state index contributed by atoms with van der Waals surface area (Å²) < 4.78 is 5.15. The van der Waals surface area contributed by atoms with E-state index in [9.17, 15) is 0 Å². The van der Waals surface area contributed by atoms with Gasteiger partial charge in [0.1, 0.15) is 5.82 Å². The maximum Gasteiger partial charge on any atom is 0.164 e. The molecule has 70 valence electrons. The van der Waals surface area contributed by atoms with Gasteiger partial charge in [-0.3, -0.25) is 5.10 Å². The van der Waals surface area contributed by atoms with Gasteiger partial charge in [-0.25, -0.2) is 4.98 Å². The van der Waals surface area contributed by atoms with E-state index in [4.69, 9.17) is 10.00 Å². The fourth-order valence-corrected chi connectivity index (χ4v) is 0.910. The lowest BCUT2D eigenvalue weighted by Gasteiger charge is -1.95. The quantitative estimate of drug-likeness (QED) is 0.667. The summed E-state index contributed by atoms with van der Waals surface area (Å²) in [5, 5.41) is 15.0. The van der Waals surface area contributed by atoms with Crippen molar-refractivity contribution in [3.05, 3.63) is 11.6 Å². The monoisotopic (exact) mass is 180 g/mol. The van der Waals surface area contributed by atoms with E-state index in [0.717, 1.165) is 5.82 Å². The molecular weight excluding hydrogens is 168 g/mol. The summed E-state index contributed by atoms with van der Waals surface area (Å²) in [7, 11) is 0. The minimum Gasteiger partial charge on any atom is -0.381 e. The molecule has 0 saturated carbocycles. The smallest absolute Gasteiger partial charge is 0.164 e. The predicted molar refractivity (Wildman–Crippen MR) is 45.9 cm³/mol. The lowest BCUT2D eigenvalue weighted by Crippen LogP contribution is -1.99. The van der Waals surface area contributed by atoms with Gasteiger partial charge in [0.25, 0.3) is 0 Å². The van der Waals surface area contributed by atoms with E-state index in [2.05, 4.69) is 15.2 Å². The number of nitrogens with one attached hydrogen (secondary N) is 1. The number of aromatic nitrogens is 3. The number of aromatic amines is 1. The zero-order chi connectivity index (χ0) is 9.52. The van der Waals surface area contributed by atoms with Gasteiger partial charge in [0.05, 0.1) is 19.1 Å². The first-order valence-corrected chi connectivity index (χ1v) is 4.21. The second-order valence-corrected chi connectivity index (χ2v) is 2.48. The molecule has 0 atom stereocenters. The summed E-state index contributed by atoms with van der Waals surface area (Å²) >= 11 is 0. The van der Waals surface area contributed by atoms with Crippen LogP contribution >= 0.6 is 0 Å². The molecule has 0 amide bonds. The molecule has 5 nitrogen and oxygen atoms in total. The van der Waals surface area contributed by atoms with Gasteiger partial charge in [0.2, 0.25) is 0 Å². The van der Waals surface area contributed by atoms with Crippen LogP contribution in [0.15, 0.2) is 0 Å².